The average Bonchev–Trinajstić information content (AvgIpc) is 2.82. The van der Waals surface area contributed by atoms with Crippen molar-refractivity contribution in [2.45, 2.75) is 0 Å². The maximum atomic E-state index is 13.7. The molecule has 3 aromatic heterocycles. The molecule has 5 aromatic rings. The summed E-state index contributed by atoms with van der Waals surface area (Å²) in [5.41, 5.74) is 3.51. The van der Waals surface area contributed by atoms with Gasteiger partial charge in [-0.15, -0.1) is 0 Å². The molecule has 0 aliphatic rings. The predicted molar refractivity (Wildman–Crippen MR) is 113 cm³/mol. The van der Waals surface area contributed by atoms with Gasteiger partial charge in [0.1, 0.15) is 12.1 Å². The lowest BCUT2D eigenvalue weighted by atomic mass is 10.1. The third-order valence-electron chi connectivity index (χ3n) is 4.69. The smallest absolute Gasteiger partial charge is 0.163 e. The molecule has 0 unspecified atom stereocenters. The van der Waals surface area contributed by atoms with Crippen molar-refractivity contribution in [3.63, 3.8) is 0 Å². The number of fused-ring (bicyclic) bond motifs is 1. The highest BCUT2D eigenvalue weighted by Crippen LogP contribution is 2.30. The Balaban J connectivity index is 1.67. The number of rotatable bonds is 4. The number of aromatic nitrogens is 5. The summed E-state index contributed by atoms with van der Waals surface area (Å²) in [6.45, 7) is 0. The second-order valence-electron chi connectivity index (χ2n) is 6.75. The number of pyridine rings is 1. The first-order valence-corrected chi connectivity index (χ1v) is 9.37. The molecule has 8 heteroatoms. The third-order valence-corrected chi connectivity index (χ3v) is 4.69. The largest absolute Gasteiger partial charge is 0.340 e. The van der Waals surface area contributed by atoms with Crippen LogP contribution in [0.1, 0.15) is 0 Å². The van der Waals surface area contributed by atoms with Gasteiger partial charge in [-0.2, -0.15) is 0 Å². The van der Waals surface area contributed by atoms with E-state index in [1.165, 1.54) is 12.4 Å². The Labute approximate surface area is 175 Å². The van der Waals surface area contributed by atoms with Crippen LogP contribution >= 0.6 is 0 Å². The Hall–Kier alpha value is -4.33. The van der Waals surface area contributed by atoms with Crippen molar-refractivity contribution in [3.8, 4) is 22.5 Å². The summed E-state index contributed by atoms with van der Waals surface area (Å²) >= 11 is 0. The van der Waals surface area contributed by atoms with Gasteiger partial charge in [-0.05, 0) is 42.0 Å². The van der Waals surface area contributed by atoms with E-state index in [0.717, 1.165) is 34.2 Å². The van der Waals surface area contributed by atoms with Crippen LogP contribution in [0, 0.1) is 11.6 Å². The molecule has 31 heavy (non-hydrogen) atoms. The monoisotopic (exact) mass is 412 g/mol. The summed E-state index contributed by atoms with van der Waals surface area (Å²) in [4.78, 5) is 21.6. The molecule has 0 amide bonds. The van der Waals surface area contributed by atoms with Crippen molar-refractivity contribution in [3.05, 3.63) is 91.3 Å². The van der Waals surface area contributed by atoms with Crippen LogP contribution in [-0.4, -0.2) is 24.9 Å². The number of hydrogen-bond donors (Lipinski definition) is 1. The van der Waals surface area contributed by atoms with Crippen LogP contribution in [-0.2, 0) is 0 Å². The molecule has 0 saturated heterocycles. The zero-order valence-electron chi connectivity index (χ0n) is 16.0. The zero-order chi connectivity index (χ0) is 21.2. The number of nitrogens with zero attached hydrogens (tertiary/aromatic N) is 5. The highest BCUT2D eigenvalue weighted by Gasteiger charge is 2.12. The van der Waals surface area contributed by atoms with E-state index in [-0.39, 0.29) is 0 Å². The molecule has 0 radical (unpaired) electrons. The molecule has 1 N–H and O–H groups in total. The van der Waals surface area contributed by atoms with Crippen LogP contribution in [0.3, 0.4) is 0 Å². The highest BCUT2D eigenvalue weighted by atomic mass is 19.2. The fraction of sp³-hybridized carbons (Fsp3) is 0. The Morgan fingerprint density at radius 2 is 1.55 bits per heavy atom. The van der Waals surface area contributed by atoms with Crippen LogP contribution in [0.5, 0.6) is 0 Å². The summed E-state index contributed by atoms with van der Waals surface area (Å²) in [7, 11) is 0. The second kappa shape index (κ2) is 7.83. The molecule has 0 saturated carbocycles. The van der Waals surface area contributed by atoms with Gasteiger partial charge in [-0.25, -0.2) is 28.7 Å². The lowest BCUT2D eigenvalue weighted by Crippen LogP contribution is -2.00. The minimum atomic E-state index is -0.942. The van der Waals surface area contributed by atoms with Crippen molar-refractivity contribution in [2.24, 2.45) is 0 Å². The normalized spacial score (nSPS) is 10.9. The lowest BCUT2D eigenvalue weighted by Gasteiger charge is -2.12. The van der Waals surface area contributed by atoms with Crippen molar-refractivity contribution >= 4 is 22.4 Å². The lowest BCUT2D eigenvalue weighted by molar-refractivity contribution is 0.509. The van der Waals surface area contributed by atoms with Gasteiger partial charge in [0.05, 0.1) is 5.52 Å². The molecule has 0 aliphatic carbocycles. The molecule has 150 valence electrons. The van der Waals surface area contributed by atoms with Crippen LogP contribution in [0.4, 0.5) is 20.3 Å². The first kappa shape index (κ1) is 18.7. The van der Waals surface area contributed by atoms with E-state index in [1.807, 2.05) is 24.3 Å². The zero-order valence-corrected chi connectivity index (χ0v) is 16.0. The molecule has 0 atom stereocenters. The summed E-state index contributed by atoms with van der Waals surface area (Å²) < 4.78 is 27.0. The van der Waals surface area contributed by atoms with Gasteiger partial charge in [0.2, 0.25) is 0 Å². The molecule has 6 nitrogen and oxygen atoms in total. The Morgan fingerprint density at radius 1 is 0.710 bits per heavy atom. The Bertz CT molecular complexity index is 1370. The average molecular weight is 412 g/mol. The molecule has 2 aromatic carbocycles. The molecule has 3 heterocycles. The summed E-state index contributed by atoms with van der Waals surface area (Å²) in [6.07, 6.45) is 8.24. The molecule has 0 bridgehead atoms. The Kier molecular flexibility index (Phi) is 4.72. The number of anilines is 2. The van der Waals surface area contributed by atoms with Crippen molar-refractivity contribution in [1.29, 1.82) is 0 Å². The van der Waals surface area contributed by atoms with Crippen LogP contribution in [0.25, 0.3) is 33.4 Å². The van der Waals surface area contributed by atoms with E-state index >= 15 is 0 Å². The molecule has 5 rings (SSSR count). The van der Waals surface area contributed by atoms with Crippen LogP contribution < -0.4 is 5.32 Å². The van der Waals surface area contributed by atoms with Gasteiger partial charge >= 0.3 is 0 Å². The minimum absolute atomic E-state index is 0.372. The second-order valence-corrected chi connectivity index (χ2v) is 6.75. The fourth-order valence-corrected chi connectivity index (χ4v) is 3.19. The SMILES string of the molecule is Fc1ccc(Nc2nc(-c3cccnc3)nc3cc(-c4cncnc4)ccc23)cc1F. The van der Waals surface area contributed by atoms with Crippen molar-refractivity contribution in [2.75, 3.05) is 5.32 Å². The van der Waals surface area contributed by atoms with E-state index in [4.69, 9.17) is 4.98 Å². The van der Waals surface area contributed by atoms with Gasteiger partial charge < -0.3 is 5.32 Å². The Morgan fingerprint density at radius 3 is 2.32 bits per heavy atom. The molecule has 0 aliphatic heterocycles. The van der Waals surface area contributed by atoms with E-state index in [9.17, 15) is 8.78 Å². The van der Waals surface area contributed by atoms with E-state index in [2.05, 4.69) is 25.3 Å². The maximum Gasteiger partial charge on any atom is 0.163 e. The third kappa shape index (κ3) is 3.78. The van der Waals surface area contributed by atoms with Gasteiger partial charge in [-0.1, -0.05) is 6.07 Å². The summed E-state index contributed by atoms with van der Waals surface area (Å²) in [5.74, 6) is -0.941. The first-order chi connectivity index (χ1) is 15.2. The summed E-state index contributed by atoms with van der Waals surface area (Å²) in [5, 5.41) is 3.80. The molecule has 0 fully saturated rings. The summed E-state index contributed by atoms with van der Waals surface area (Å²) in [6, 6.07) is 12.9. The topological polar surface area (TPSA) is 76.5 Å². The minimum Gasteiger partial charge on any atom is -0.340 e. The number of nitrogens with one attached hydrogen (secondary N) is 1. The van der Waals surface area contributed by atoms with Crippen LogP contribution in [0.2, 0.25) is 0 Å². The molecular formula is C23H14F2N6. The quantitative estimate of drug-likeness (QED) is 0.439. The fourth-order valence-electron chi connectivity index (χ4n) is 3.19. The van der Waals surface area contributed by atoms with E-state index < -0.39 is 11.6 Å². The van der Waals surface area contributed by atoms with Crippen LogP contribution in [0.15, 0.2) is 79.6 Å². The van der Waals surface area contributed by atoms with Gasteiger partial charge in [-0.3, -0.25) is 4.98 Å². The van der Waals surface area contributed by atoms with Gasteiger partial charge in [0, 0.05) is 53.1 Å². The predicted octanol–water partition coefficient (Wildman–Crippen LogP) is 5.17. The van der Waals surface area contributed by atoms with Crippen molar-refractivity contribution < 1.29 is 8.78 Å². The van der Waals surface area contributed by atoms with E-state index in [1.54, 1.807) is 30.9 Å². The van der Waals surface area contributed by atoms with Gasteiger partial charge in [0.25, 0.3) is 0 Å². The number of hydrogen-bond acceptors (Lipinski definition) is 6. The maximum absolute atomic E-state index is 13.7. The standard InChI is InChI=1S/C23H14F2N6/c24-19-6-4-17(9-20(19)25)29-23-18-5-3-14(16-11-27-13-28-12-16)8-21(18)30-22(31-23)15-2-1-7-26-10-15/h1-13H,(H,29,30,31). The number of halogens is 2. The molecular weight excluding hydrogens is 398 g/mol. The highest BCUT2D eigenvalue weighted by molar-refractivity contribution is 5.94. The van der Waals surface area contributed by atoms with Crippen molar-refractivity contribution in [1.82, 2.24) is 24.9 Å². The first-order valence-electron chi connectivity index (χ1n) is 9.37. The van der Waals surface area contributed by atoms with Gasteiger partial charge in [0.15, 0.2) is 17.5 Å². The number of benzene rings is 2. The van der Waals surface area contributed by atoms with E-state index in [0.29, 0.717) is 22.8 Å². The molecule has 0 spiro atoms.